The number of carboxylic acid groups (broad SMARTS) is 1. The van der Waals surface area contributed by atoms with Gasteiger partial charge in [-0.15, -0.1) is 13.2 Å². The number of benzene rings is 1. The molecule has 156 valence electrons. The molecule has 0 aliphatic carbocycles. The van der Waals surface area contributed by atoms with Gasteiger partial charge in [-0.25, -0.2) is 15.2 Å². The lowest BCUT2D eigenvalue weighted by Gasteiger charge is -2.39. The highest BCUT2D eigenvalue weighted by Crippen LogP contribution is 2.27. The second-order valence-electron chi connectivity index (χ2n) is 6.65. The first-order valence-corrected chi connectivity index (χ1v) is 8.93. The number of aldehydes is 1. The summed E-state index contributed by atoms with van der Waals surface area (Å²) in [6.45, 7) is 1.99. The molecule has 10 heteroatoms. The molecule has 1 fully saturated rings. The molecule has 2 rings (SSSR count). The van der Waals surface area contributed by atoms with E-state index in [2.05, 4.69) is 15.1 Å². The van der Waals surface area contributed by atoms with E-state index < -0.39 is 18.5 Å². The molecule has 1 unspecified atom stereocenters. The number of piperidine rings is 1. The average Bonchev–Trinajstić information content (AvgIpc) is 2.62. The summed E-state index contributed by atoms with van der Waals surface area (Å²) >= 11 is 0. The van der Waals surface area contributed by atoms with Gasteiger partial charge in [0.25, 0.3) is 0 Å². The first kappa shape index (κ1) is 22.0. The lowest BCUT2D eigenvalue weighted by molar-refractivity contribution is -0.274. The van der Waals surface area contributed by atoms with Gasteiger partial charge in [-0.3, -0.25) is 4.90 Å². The van der Waals surface area contributed by atoms with Crippen LogP contribution in [0.4, 0.5) is 18.0 Å². The van der Waals surface area contributed by atoms with Crippen molar-refractivity contribution in [1.82, 2.24) is 15.3 Å². The Labute approximate surface area is 161 Å². The normalized spacial score (nSPS) is 17.1. The lowest BCUT2D eigenvalue weighted by Crippen LogP contribution is -2.52. The number of nitrogens with zero attached hydrogens (tertiary/aromatic N) is 2. The van der Waals surface area contributed by atoms with Crippen molar-refractivity contribution < 1.29 is 32.6 Å². The maximum absolute atomic E-state index is 12.2. The predicted molar refractivity (Wildman–Crippen MR) is 94.5 cm³/mol. The van der Waals surface area contributed by atoms with Crippen molar-refractivity contribution in [2.75, 3.05) is 20.1 Å². The van der Waals surface area contributed by atoms with Gasteiger partial charge in [0.1, 0.15) is 12.0 Å². The summed E-state index contributed by atoms with van der Waals surface area (Å²) in [6.07, 6.45) is -3.54. The minimum atomic E-state index is -4.71. The topological polar surface area (TPSA) is 82.1 Å². The summed E-state index contributed by atoms with van der Waals surface area (Å²) in [5.74, 6) is -0.208. The number of nitrogens with one attached hydrogen (secondary N) is 1. The first-order valence-electron chi connectivity index (χ1n) is 8.93. The van der Waals surface area contributed by atoms with Crippen LogP contribution < -0.4 is 10.2 Å². The lowest BCUT2D eigenvalue weighted by atomic mass is 9.87. The molecule has 1 amide bonds. The van der Waals surface area contributed by atoms with Crippen molar-refractivity contribution in [3.8, 4) is 5.75 Å². The van der Waals surface area contributed by atoms with E-state index >= 15 is 0 Å². The summed E-state index contributed by atoms with van der Waals surface area (Å²) in [5.41, 5.74) is 3.49. The van der Waals surface area contributed by atoms with E-state index in [1.165, 1.54) is 19.2 Å². The molecular weight excluding hydrogens is 379 g/mol. The van der Waals surface area contributed by atoms with Crippen LogP contribution in [-0.2, 0) is 11.3 Å². The van der Waals surface area contributed by atoms with E-state index in [0.29, 0.717) is 19.6 Å². The fourth-order valence-electron chi connectivity index (χ4n) is 3.56. The molecule has 0 spiro atoms. The molecule has 1 aromatic rings. The monoisotopic (exact) mass is 403 g/mol. The van der Waals surface area contributed by atoms with Crippen LogP contribution in [0, 0.1) is 5.92 Å². The third kappa shape index (κ3) is 6.38. The zero-order valence-corrected chi connectivity index (χ0v) is 15.5. The SMILES string of the molecule is CNN(C(=O)O)C(CC=O)C1CCN(Cc2ccc(OC(F)(F)F)cc2)CC1. The smallest absolute Gasteiger partial charge is 0.464 e. The van der Waals surface area contributed by atoms with E-state index in [-0.39, 0.29) is 18.1 Å². The molecule has 28 heavy (non-hydrogen) atoms. The van der Waals surface area contributed by atoms with Crippen LogP contribution >= 0.6 is 0 Å². The first-order chi connectivity index (χ1) is 13.2. The maximum Gasteiger partial charge on any atom is 0.573 e. The van der Waals surface area contributed by atoms with Crippen molar-refractivity contribution in [3.05, 3.63) is 29.8 Å². The summed E-state index contributed by atoms with van der Waals surface area (Å²) < 4.78 is 40.5. The van der Waals surface area contributed by atoms with Crippen molar-refractivity contribution >= 4 is 12.4 Å². The minimum absolute atomic E-state index is 0.0487. The highest BCUT2D eigenvalue weighted by atomic mass is 19.4. The largest absolute Gasteiger partial charge is 0.573 e. The van der Waals surface area contributed by atoms with E-state index in [9.17, 15) is 27.9 Å². The molecule has 1 aliphatic heterocycles. The Kier molecular flexibility index (Phi) is 7.64. The summed E-state index contributed by atoms with van der Waals surface area (Å²) in [6, 6.07) is 5.33. The molecule has 1 saturated heterocycles. The molecule has 2 N–H and O–H groups in total. The van der Waals surface area contributed by atoms with Crippen molar-refractivity contribution in [2.45, 2.75) is 38.2 Å². The molecule has 1 heterocycles. The van der Waals surface area contributed by atoms with Gasteiger partial charge in [-0.05, 0) is 49.5 Å². The number of hydrogen-bond donors (Lipinski definition) is 2. The molecule has 1 aliphatic rings. The zero-order chi connectivity index (χ0) is 20.7. The Morgan fingerprint density at radius 1 is 1.36 bits per heavy atom. The van der Waals surface area contributed by atoms with E-state index in [1.807, 2.05) is 0 Å². The number of halogens is 3. The number of carbonyl (C=O) groups excluding carboxylic acids is 1. The highest BCUT2D eigenvalue weighted by molar-refractivity contribution is 5.65. The summed E-state index contributed by atoms with van der Waals surface area (Å²) in [7, 11) is 1.51. The summed E-state index contributed by atoms with van der Waals surface area (Å²) in [5, 5.41) is 10.4. The van der Waals surface area contributed by atoms with E-state index in [0.717, 1.165) is 29.7 Å². The maximum atomic E-state index is 12.2. The van der Waals surface area contributed by atoms with Gasteiger partial charge < -0.3 is 14.6 Å². The number of amides is 1. The number of rotatable bonds is 8. The van der Waals surface area contributed by atoms with Gasteiger partial charge in [-0.2, -0.15) is 0 Å². The van der Waals surface area contributed by atoms with Gasteiger partial charge in [0.05, 0.1) is 6.04 Å². The molecule has 0 radical (unpaired) electrons. The molecular formula is C18H24F3N3O4. The van der Waals surface area contributed by atoms with Gasteiger partial charge in [0, 0.05) is 20.0 Å². The molecule has 0 aromatic heterocycles. The number of hydrazine groups is 1. The van der Waals surface area contributed by atoms with E-state index in [1.54, 1.807) is 12.1 Å². The van der Waals surface area contributed by atoms with E-state index in [4.69, 9.17) is 0 Å². The third-order valence-corrected chi connectivity index (χ3v) is 4.86. The molecule has 7 nitrogen and oxygen atoms in total. The van der Waals surface area contributed by atoms with Crippen LogP contribution in [0.5, 0.6) is 5.75 Å². The Morgan fingerprint density at radius 3 is 2.43 bits per heavy atom. The predicted octanol–water partition coefficient (Wildman–Crippen LogP) is 2.87. The molecule has 0 saturated carbocycles. The van der Waals surface area contributed by atoms with Crippen LogP contribution in [0.3, 0.4) is 0 Å². The molecule has 1 atom stereocenters. The standard InChI is InChI=1S/C18H24F3N3O4/c1-22-24(17(26)27)16(8-11-25)14-6-9-23(10-7-14)12-13-2-4-15(5-3-13)28-18(19,20)21/h2-5,11,14,16,22H,6-10,12H2,1H3,(H,26,27). The zero-order valence-electron chi connectivity index (χ0n) is 15.5. The average molecular weight is 403 g/mol. The van der Waals surface area contributed by atoms with Crippen molar-refractivity contribution in [3.63, 3.8) is 0 Å². The molecule has 0 bridgehead atoms. The van der Waals surface area contributed by atoms with Gasteiger partial charge >= 0.3 is 12.5 Å². The van der Waals surface area contributed by atoms with Gasteiger partial charge in [0.2, 0.25) is 0 Å². The molecule has 1 aromatic carbocycles. The third-order valence-electron chi connectivity index (χ3n) is 4.86. The fourth-order valence-corrected chi connectivity index (χ4v) is 3.56. The second-order valence-corrected chi connectivity index (χ2v) is 6.65. The quantitative estimate of drug-likeness (QED) is 0.513. The Morgan fingerprint density at radius 2 is 1.96 bits per heavy atom. The van der Waals surface area contributed by atoms with Gasteiger partial charge in [-0.1, -0.05) is 12.1 Å². The number of likely N-dealkylation sites (tertiary alicyclic amines) is 1. The fraction of sp³-hybridized carbons (Fsp3) is 0.556. The summed E-state index contributed by atoms with van der Waals surface area (Å²) in [4.78, 5) is 24.5. The number of ether oxygens (including phenoxy) is 1. The van der Waals surface area contributed by atoms with Crippen LogP contribution in [0.1, 0.15) is 24.8 Å². The Bertz CT molecular complexity index is 646. The van der Waals surface area contributed by atoms with Crippen LogP contribution in [-0.4, -0.2) is 59.9 Å². The highest BCUT2D eigenvalue weighted by Gasteiger charge is 2.33. The number of carbonyl (C=O) groups is 2. The van der Waals surface area contributed by atoms with Crippen molar-refractivity contribution in [2.24, 2.45) is 5.92 Å². The van der Waals surface area contributed by atoms with Crippen molar-refractivity contribution in [1.29, 1.82) is 0 Å². The minimum Gasteiger partial charge on any atom is -0.464 e. The second kappa shape index (κ2) is 9.74. The van der Waals surface area contributed by atoms with Gasteiger partial charge in [0.15, 0.2) is 0 Å². The number of alkyl halides is 3. The number of hydrogen-bond acceptors (Lipinski definition) is 5. The van der Waals surface area contributed by atoms with Crippen LogP contribution in [0.15, 0.2) is 24.3 Å². The van der Waals surface area contributed by atoms with Crippen LogP contribution in [0.25, 0.3) is 0 Å². The Hall–Kier alpha value is -2.33. The van der Waals surface area contributed by atoms with Crippen LogP contribution in [0.2, 0.25) is 0 Å². The Balaban J connectivity index is 1.90.